The molecule has 0 amide bonds. The minimum Gasteiger partial charge on any atom is -0.346 e. The maximum Gasteiger partial charge on any atom is 0.193 e. The fourth-order valence-electron chi connectivity index (χ4n) is 6.27. The summed E-state index contributed by atoms with van der Waals surface area (Å²) < 4.78 is 23.0. The number of rotatable bonds is 6. The standard InChI is InChI=1S/C29H34O5/c30-27(23-11-9-21(28-31-13-14-32-28)17-25(23)19-5-1-2-6-19)24-12-10-22(29-33-15-16-34-29)18-26(24)20-7-3-4-8-20/h9-12,17-20,28-29H,1-8,13-16H2. The lowest BCUT2D eigenvalue weighted by Gasteiger charge is -2.21. The third kappa shape index (κ3) is 4.35. The first-order chi connectivity index (χ1) is 16.8. The number of ketones is 1. The molecule has 34 heavy (non-hydrogen) atoms. The molecule has 2 aromatic carbocycles. The molecule has 180 valence electrons. The van der Waals surface area contributed by atoms with Crippen molar-refractivity contribution >= 4 is 5.78 Å². The van der Waals surface area contributed by atoms with Gasteiger partial charge in [0, 0.05) is 22.3 Å². The molecule has 4 fully saturated rings. The van der Waals surface area contributed by atoms with Crippen molar-refractivity contribution in [1.82, 2.24) is 0 Å². The van der Waals surface area contributed by atoms with Crippen molar-refractivity contribution < 1.29 is 23.7 Å². The molecule has 5 nitrogen and oxygen atoms in total. The van der Waals surface area contributed by atoms with Crippen LogP contribution in [0.3, 0.4) is 0 Å². The van der Waals surface area contributed by atoms with Gasteiger partial charge in [0.25, 0.3) is 0 Å². The molecule has 2 saturated carbocycles. The highest BCUT2D eigenvalue weighted by Gasteiger charge is 2.30. The highest BCUT2D eigenvalue weighted by Crippen LogP contribution is 2.41. The first kappa shape index (κ1) is 22.4. The molecule has 0 N–H and O–H groups in total. The number of hydrogen-bond acceptors (Lipinski definition) is 5. The Balaban J connectivity index is 1.39. The van der Waals surface area contributed by atoms with Crippen LogP contribution in [0.5, 0.6) is 0 Å². The van der Waals surface area contributed by atoms with Crippen LogP contribution in [0.4, 0.5) is 0 Å². The van der Waals surface area contributed by atoms with E-state index in [1.807, 2.05) is 24.3 Å². The summed E-state index contributed by atoms with van der Waals surface area (Å²) >= 11 is 0. The number of ether oxygens (including phenoxy) is 4. The maximum atomic E-state index is 14.1. The summed E-state index contributed by atoms with van der Waals surface area (Å²) in [5.74, 6) is 0.994. The van der Waals surface area contributed by atoms with Crippen LogP contribution in [-0.2, 0) is 18.9 Å². The van der Waals surface area contributed by atoms with Crippen molar-refractivity contribution in [2.24, 2.45) is 0 Å². The lowest BCUT2D eigenvalue weighted by atomic mass is 9.83. The second-order valence-electron chi connectivity index (χ2n) is 10.1. The largest absolute Gasteiger partial charge is 0.346 e. The Labute approximate surface area is 201 Å². The molecule has 5 heteroatoms. The number of carbonyl (C=O) groups excluding carboxylic acids is 1. The van der Waals surface area contributed by atoms with Gasteiger partial charge in [-0.3, -0.25) is 4.79 Å². The van der Waals surface area contributed by atoms with E-state index in [2.05, 4.69) is 12.1 Å². The summed E-state index contributed by atoms with van der Waals surface area (Å²) in [6, 6.07) is 12.4. The number of hydrogen-bond donors (Lipinski definition) is 0. The summed E-state index contributed by atoms with van der Waals surface area (Å²) in [5, 5.41) is 0. The van der Waals surface area contributed by atoms with E-state index in [1.54, 1.807) is 0 Å². The van der Waals surface area contributed by atoms with Gasteiger partial charge < -0.3 is 18.9 Å². The van der Waals surface area contributed by atoms with E-state index in [1.165, 1.54) is 36.8 Å². The van der Waals surface area contributed by atoms with Crippen molar-refractivity contribution in [1.29, 1.82) is 0 Å². The fraction of sp³-hybridized carbons (Fsp3) is 0.552. The zero-order valence-corrected chi connectivity index (χ0v) is 19.8. The monoisotopic (exact) mass is 462 g/mol. The first-order valence-corrected chi connectivity index (χ1v) is 13.1. The molecule has 0 atom stereocenters. The molecule has 6 rings (SSSR count). The molecule has 2 aromatic rings. The average molecular weight is 463 g/mol. The quantitative estimate of drug-likeness (QED) is 0.470. The predicted octanol–water partition coefficient (Wildman–Crippen LogP) is 6.32. The van der Waals surface area contributed by atoms with Gasteiger partial charge in [0.15, 0.2) is 18.4 Å². The van der Waals surface area contributed by atoms with E-state index in [0.717, 1.165) is 47.9 Å². The lowest BCUT2D eigenvalue weighted by molar-refractivity contribution is -0.0443. The van der Waals surface area contributed by atoms with Gasteiger partial charge in [-0.25, -0.2) is 0 Å². The highest BCUT2D eigenvalue weighted by molar-refractivity contribution is 6.11. The Kier molecular flexibility index (Phi) is 6.53. The van der Waals surface area contributed by atoms with Crippen molar-refractivity contribution in [2.45, 2.75) is 75.8 Å². The third-order valence-corrected chi connectivity index (χ3v) is 8.02. The first-order valence-electron chi connectivity index (χ1n) is 13.1. The minimum atomic E-state index is -0.316. The molecule has 0 unspecified atom stereocenters. The zero-order chi connectivity index (χ0) is 22.9. The van der Waals surface area contributed by atoms with Crippen molar-refractivity contribution in [2.75, 3.05) is 26.4 Å². The van der Waals surface area contributed by atoms with Crippen LogP contribution < -0.4 is 0 Å². The molecule has 2 aliphatic heterocycles. The van der Waals surface area contributed by atoms with Gasteiger partial charge in [0.2, 0.25) is 0 Å². The van der Waals surface area contributed by atoms with Gasteiger partial charge >= 0.3 is 0 Å². The normalized spacial score (nSPS) is 22.8. The van der Waals surface area contributed by atoms with E-state index >= 15 is 0 Å². The molecule has 0 aromatic heterocycles. The Morgan fingerprint density at radius 2 is 0.971 bits per heavy atom. The van der Waals surface area contributed by atoms with E-state index in [9.17, 15) is 4.79 Å². The molecule has 0 spiro atoms. The molecule has 2 aliphatic carbocycles. The van der Waals surface area contributed by atoms with Crippen LogP contribution in [0.25, 0.3) is 0 Å². The smallest absolute Gasteiger partial charge is 0.193 e. The summed E-state index contributed by atoms with van der Waals surface area (Å²) in [6.45, 7) is 2.48. The van der Waals surface area contributed by atoms with Gasteiger partial charge in [-0.2, -0.15) is 0 Å². The summed E-state index contributed by atoms with van der Waals surface area (Å²) in [4.78, 5) is 14.1. The number of benzene rings is 2. The predicted molar refractivity (Wildman–Crippen MR) is 128 cm³/mol. The van der Waals surface area contributed by atoms with E-state index < -0.39 is 0 Å². The lowest BCUT2D eigenvalue weighted by Crippen LogP contribution is -2.14. The zero-order valence-electron chi connectivity index (χ0n) is 19.8. The van der Waals surface area contributed by atoms with Gasteiger partial charge in [0.1, 0.15) is 0 Å². The van der Waals surface area contributed by atoms with Crippen molar-refractivity contribution in [3.05, 3.63) is 69.8 Å². The molecule has 0 radical (unpaired) electrons. The number of carbonyl (C=O) groups is 1. The van der Waals surface area contributed by atoms with Gasteiger partial charge in [-0.05, 0) is 60.8 Å². The van der Waals surface area contributed by atoms with E-state index in [-0.39, 0.29) is 18.4 Å². The summed E-state index contributed by atoms with van der Waals surface area (Å²) in [6.07, 6.45) is 8.83. The minimum absolute atomic E-state index is 0.142. The third-order valence-electron chi connectivity index (χ3n) is 8.02. The maximum absolute atomic E-state index is 14.1. The summed E-state index contributed by atoms with van der Waals surface area (Å²) in [7, 11) is 0. The SMILES string of the molecule is O=C(c1ccc(C2OCCO2)cc1C1CCCC1)c1ccc(C2OCCO2)cc1C1CCCC1. The topological polar surface area (TPSA) is 54.0 Å². The molecular formula is C29H34O5. The van der Waals surface area contributed by atoms with Gasteiger partial charge in [0.05, 0.1) is 26.4 Å². The van der Waals surface area contributed by atoms with Gasteiger partial charge in [-0.1, -0.05) is 49.9 Å². The molecular weight excluding hydrogens is 428 g/mol. The average Bonchev–Trinajstić information content (AvgIpc) is 3.70. The second kappa shape index (κ2) is 9.90. The van der Waals surface area contributed by atoms with Crippen LogP contribution in [-0.4, -0.2) is 32.2 Å². The molecule has 2 heterocycles. The van der Waals surface area contributed by atoms with Crippen LogP contribution in [0.1, 0.15) is 114 Å². The van der Waals surface area contributed by atoms with Crippen molar-refractivity contribution in [3.63, 3.8) is 0 Å². The van der Waals surface area contributed by atoms with Crippen LogP contribution in [0.15, 0.2) is 36.4 Å². The van der Waals surface area contributed by atoms with Gasteiger partial charge in [-0.15, -0.1) is 0 Å². The van der Waals surface area contributed by atoms with Crippen molar-refractivity contribution in [3.8, 4) is 0 Å². The Hall–Kier alpha value is -2.05. The van der Waals surface area contributed by atoms with Crippen LogP contribution in [0, 0.1) is 0 Å². The van der Waals surface area contributed by atoms with E-state index in [4.69, 9.17) is 18.9 Å². The molecule has 4 aliphatic rings. The Morgan fingerprint density at radius 3 is 1.35 bits per heavy atom. The highest BCUT2D eigenvalue weighted by atomic mass is 16.7. The van der Waals surface area contributed by atoms with Crippen LogP contribution >= 0.6 is 0 Å². The summed E-state index contributed by atoms with van der Waals surface area (Å²) in [5.41, 5.74) is 6.07. The van der Waals surface area contributed by atoms with Crippen LogP contribution in [0.2, 0.25) is 0 Å². The Morgan fingerprint density at radius 1 is 0.588 bits per heavy atom. The molecule has 0 bridgehead atoms. The molecule has 2 saturated heterocycles. The van der Waals surface area contributed by atoms with E-state index in [0.29, 0.717) is 38.3 Å². The Bertz CT molecular complexity index is 941. The fourth-order valence-corrected chi connectivity index (χ4v) is 6.27. The second-order valence-corrected chi connectivity index (χ2v) is 10.1.